The number of carbonyl (C=O) groups is 2. The van der Waals surface area contributed by atoms with Crippen molar-refractivity contribution >= 4 is 17.5 Å². The number of amides is 2. The van der Waals surface area contributed by atoms with Gasteiger partial charge in [0.25, 0.3) is 17.4 Å². The molecule has 4 rings (SSSR count). The van der Waals surface area contributed by atoms with Gasteiger partial charge in [0.2, 0.25) is 0 Å². The maximum Gasteiger partial charge on any atom is 0.267 e. The van der Waals surface area contributed by atoms with E-state index in [-0.39, 0.29) is 22.9 Å². The van der Waals surface area contributed by atoms with Gasteiger partial charge in [0.1, 0.15) is 5.56 Å². The lowest BCUT2D eigenvalue weighted by Crippen LogP contribution is -2.35. The predicted molar refractivity (Wildman–Crippen MR) is 130 cm³/mol. The molecule has 0 atom stereocenters. The second kappa shape index (κ2) is 10.3. The van der Waals surface area contributed by atoms with Crippen LogP contribution in [0.5, 0.6) is 0 Å². The third kappa shape index (κ3) is 5.58. The third-order valence-corrected chi connectivity index (χ3v) is 6.15. The van der Waals surface area contributed by atoms with Crippen molar-refractivity contribution in [3.05, 3.63) is 93.9 Å². The molecule has 0 bridgehead atoms. The highest BCUT2D eigenvalue weighted by molar-refractivity contribution is 6.04. The van der Waals surface area contributed by atoms with Gasteiger partial charge in [0.15, 0.2) is 0 Å². The number of nitrogens with zero attached hydrogens (tertiary/aromatic N) is 1. The van der Waals surface area contributed by atoms with Crippen molar-refractivity contribution in [3.8, 4) is 5.69 Å². The van der Waals surface area contributed by atoms with E-state index in [2.05, 4.69) is 10.6 Å². The SMILES string of the molecule is Cc1cccc(C(=O)Nc2ccc(-n3cccc(C(=O)NCC4CCCCC4)c3=O)cc2)c1. The standard InChI is InChI=1S/C27H29N3O3/c1-19-7-5-10-21(17-19)25(31)29-22-12-14-23(15-13-22)30-16-6-11-24(27(30)33)26(32)28-18-20-8-3-2-4-9-20/h5-7,10-17,20H,2-4,8-9,18H2,1H3,(H,28,32)(H,29,31). The second-order valence-corrected chi connectivity index (χ2v) is 8.68. The van der Waals surface area contributed by atoms with Crippen LogP contribution in [0, 0.1) is 12.8 Å². The number of anilines is 1. The van der Waals surface area contributed by atoms with Crippen molar-refractivity contribution in [1.82, 2.24) is 9.88 Å². The summed E-state index contributed by atoms with van der Waals surface area (Å²) in [6, 6.07) is 17.6. The summed E-state index contributed by atoms with van der Waals surface area (Å²) in [5, 5.41) is 5.80. The van der Waals surface area contributed by atoms with E-state index in [1.165, 1.54) is 23.8 Å². The Balaban J connectivity index is 1.45. The van der Waals surface area contributed by atoms with Crippen LogP contribution in [0.15, 0.2) is 71.7 Å². The minimum atomic E-state index is -0.366. The van der Waals surface area contributed by atoms with Crippen molar-refractivity contribution in [2.24, 2.45) is 5.92 Å². The molecule has 2 aromatic carbocycles. The summed E-state index contributed by atoms with van der Waals surface area (Å²) in [6.07, 6.45) is 7.58. The smallest absolute Gasteiger partial charge is 0.267 e. The van der Waals surface area contributed by atoms with Gasteiger partial charge in [-0.2, -0.15) is 0 Å². The molecule has 0 saturated heterocycles. The van der Waals surface area contributed by atoms with Crippen molar-refractivity contribution in [3.63, 3.8) is 0 Å². The Morgan fingerprint density at radius 2 is 1.70 bits per heavy atom. The normalized spacial score (nSPS) is 14.0. The Labute approximate surface area is 193 Å². The minimum Gasteiger partial charge on any atom is -0.352 e. The van der Waals surface area contributed by atoms with E-state index in [1.807, 2.05) is 25.1 Å². The van der Waals surface area contributed by atoms with E-state index in [1.54, 1.807) is 48.7 Å². The summed E-state index contributed by atoms with van der Waals surface area (Å²) in [6.45, 7) is 2.55. The molecule has 2 amide bonds. The molecule has 2 N–H and O–H groups in total. The van der Waals surface area contributed by atoms with Crippen molar-refractivity contribution < 1.29 is 9.59 Å². The van der Waals surface area contributed by atoms with Gasteiger partial charge in [-0.1, -0.05) is 37.0 Å². The number of carbonyl (C=O) groups excluding carboxylic acids is 2. The van der Waals surface area contributed by atoms with Crippen LogP contribution in [-0.4, -0.2) is 22.9 Å². The van der Waals surface area contributed by atoms with Crippen molar-refractivity contribution in [1.29, 1.82) is 0 Å². The quantitative estimate of drug-likeness (QED) is 0.579. The van der Waals surface area contributed by atoms with Crippen molar-refractivity contribution in [2.75, 3.05) is 11.9 Å². The fraction of sp³-hybridized carbons (Fsp3) is 0.296. The van der Waals surface area contributed by atoms with E-state index < -0.39 is 0 Å². The monoisotopic (exact) mass is 443 g/mol. The Morgan fingerprint density at radius 3 is 2.42 bits per heavy atom. The van der Waals surface area contributed by atoms with E-state index in [0.29, 0.717) is 29.4 Å². The number of benzene rings is 2. The van der Waals surface area contributed by atoms with Crippen LogP contribution >= 0.6 is 0 Å². The molecule has 0 aliphatic heterocycles. The third-order valence-electron chi connectivity index (χ3n) is 6.15. The molecule has 6 nitrogen and oxygen atoms in total. The largest absolute Gasteiger partial charge is 0.352 e. The Morgan fingerprint density at radius 1 is 0.939 bits per heavy atom. The first-order valence-electron chi connectivity index (χ1n) is 11.5. The van der Waals surface area contributed by atoms with Crippen LogP contribution in [0.1, 0.15) is 58.4 Å². The number of hydrogen-bond acceptors (Lipinski definition) is 3. The lowest BCUT2D eigenvalue weighted by atomic mass is 9.89. The van der Waals surface area contributed by atoms with Gasteiger partial charge in [-0.3, -0.25) is 19.0 Å². The number of aryl methyl sites for hydroxylation is 1. The summed E-state index contributed by atoms with van der Waals surface area (Å²) in [7, 11) is 0. The highest BCUT2D eigenvalue weighted by Gasteiger charge is 2.17. The van der Waals surface area contributed by atoms with E-state index in [0.717, 1.165) is 18.4 Å². The minimum absolute atomic E-state index is 0.130. The first-order valence-corrected chi connectivity index (χ1v) is 11.5. The van der Waals surface area contributed by atoms with Crippen LogP contribution in [0.25, 0.3) is 5.69 Å². The van der Waals surface area contributed by atoms with Gasteiger partial charge >= 0.3 is 0 Å². The molecular weight excluding hydrogens is 414 g/mol. The molecule has 0 radical (unpaired) electrons. The molecule has 1 aliphatic carbocycles. The van der Waals surface area contributed by atoms with Crippen LogP contribution in [0.4, 0.5) is 5.69 Å². The van der Waals surface area contributed by atoms with Crippen LogP contribution < -0.4 is 16.2 Å². The van der Waals surface area contributed by atoms with Crippen LogP contribution in [-0.2, 0) is 0 Å². The van der Waals surface area contributed by atoms with Gasteiger partial charge in [-0.05, 0) is 74.2 Å². The topological polar surface area (TPSA) is 80.2 Å². The van der Waals surface area contributed by atoms with Gasteiger partial charge < -0.3 is 10.6 Å². The average Bonchev–Trinajstić information content (AvgIpc) is 2.84. The summed E-state index contributed by atoms with van der Waals surface area (Å²) in [4.78, 5) is 38.1. The van der Waals surface area contributed by atoms with Crippen molar-refractivity contribution in [2.45, 2.75) is 39.0 Å². The number of aromatic nitrogens is 1. The molecular formula is C27H29N3O3. The lowest BCUT2D eigenvalue weighted by molar-refractivity contribution is 0.0941. The van der Waals surface area contributed by atoms with Gasteiger partial charge in [-0.15, -0.1) is 0 Å². The van der Waals surface area contributed by atoms with Crippen LogP contribution in [0.3, 0.4) is 0 Å². The molecule has 1 saturated carbocycles. The maximum absolute atomic E-state index is 13.0. The Kier molecular flexibility index (Phi) is 7.03. The highest BCUT2D eigenvalue weighted by Crippen LogP contribution is 2.22. The summed E-state index contributed by atoms with van der Waals surface area (Å²) >= 11 is 0. The zero-order valence-electron chi connectivity index (χ0n) is 18.8. The zero-order valence-corrected chi connectivity index (χ0v) is 18.8. The number of pyridine rings is 1. The van der Waals surface area contributed by atoms with Gasteiger partial charge in [-0.25, -0.2) is 0 Å². The molecule has 0 unspecified atom stereocenters. The molecule has 1 aliphatic rings. The van der Waals surface area contributed by atoms with Gasteiger partial charge in [0, 0.05) is 29.7 Å². The highest BCUT2D eigenvalue weighted by atomic mass is 16.2. The second-order valence-electron chi connectivity index (χ2n) is 8.68. The molecule has 0 spiro atoms. The number of nitrogens with one attached hydrogen (secondary N) is 2. The fourth-order valence-corrected chi connectivity index (χ4v) is 4.29. The molecule has 170 valence electrons. The molecule has 3 aromatic rings. The molecule has 33 heavy (non-hydrogen) atoms. The van der Waals surface area contributed by atoms with Crippen LogP contribution in [0.2, 0.25) is 0 Å². The maximum atomic E-state index is 13.0. The Hall–Kier alpha value is -3.67. The molecule has 1 aromatic heterocycles. The van der Waals surface area contributed by atoms with E-state index >= 15 is 0 Å². The van der Waals surface area contributed by atoms with Gasteiger partial charge in [0.05, 0.1) is 0 Å². The number of rotatable bonds is 6. The number of hydrogen-bond donors (Lipinski definition) is 2. The zero-order chi connectivity index (χ0) is 23.2. The van der Waals surface area contributed by atoms with E-state index in [9.17, 15) is 14.4 Å². The molecule has 1 heterocycles. The summed E-state index contributed by atoms with van der Waals surface area (Å²) < 4.78 is 1.45. The fourth-order valence-electron chi connectivity index (χ4n) is 4.29. The average molecular weight is 444 g/mol. The van der Waals surface area contributed by atoms with E-state index in [4.69, 9.17) is 0 Å². The first kappa shape index (κ1) is 22.5. The summed E-state index contributed by atoms with van der Waals surface area (Å²) in [5.74, 6) is -0.0293. The lowest BCUT2D eigenvalue weighted by Gasteiger charge is -2.21. The Bertz CT molecular complexity index is 1190. The molecule has 1 fully saturated rings. The molecule has 6 heteroatoms. The summed E-state index contributed by atoms with van der Waals surface area (Å²) in [5.41, 5.74) is 2.61. The predicted octanol–water partition coefficient (Wildman–Crippen LogP) is 4.71. The first-order chi connectivity index (χ1) is 16.0.